The topological polar surface area (TPSA) is 108 Å². The second-order valence-corrected chi connectivity index (χ2v) is 8.52. The van der Waals surface area contributed by atoms with Crippen LogP contribution in [-0.4, -0.2) is 76.7 Å². The van der Waals surface area contributed by atoms with Gasteiger partial charge in [-0.2, -0.15) is 0 Å². The summed E-state index contributed by atoms with van der Waals surface area (Å²) < 4.78 is 26.5. The zero-order chi connectivity index (χ0) is 25.4. The van der Waals surface area contributed by atoms with E-state index in [0.29, 0.717) is 46.8 Å². The number of hydrogen-bond donors (Lipinski definition) is 1. The van der Waals surface area contributed by atoms with Gasteiger partial charge in [-0.3, -0.25) is 4.79 Å². The number of thioether (sulfide) groups is 1. The number of fused-ring (bicyclic) bond motifs is 1. The smallest absolute Gasteiger partial charge is 0.338 e. The molecule has 1 N–H and O–H groups in total. The number of methoxy groups -OCH3 is 4. The zero-order valence-corrected chi connectivity index (χ0v) is 21.4. The van der Waals surface area contributed by atoms with E-state index < -0.39 is 12.0 Å². The van der Waals surface area contributed by atoms with Crippen LogP contribution >= 0.6 is 11.8 Å². The van der Waals surface area contributed by atoms with Crippen LogP contribution in [0.4, 0.5) is 0 Å². The summed E-state index contributed by atoms with van der Waals surface area (Å²) in [5, 5.41) is 5.39. The van der Waals surface area contributed by atoms with Crippen molar-refractivity contribution in [2.75, 3.05) is 54.8 Å². The van der Waals surface area contributed by atoms with Gasteiger partial charge in [-0.05, 0) is 30.0 Å². The highest BCUT2D eigenvalue weighted by Crippen LogP contribution is 2.46. The molecule has 35 heavy (non-hydrogen) atoms. The number of rotatable bonds is 12. The fourth-order valence-electron chi connectivity index (χ4n) is 3.75. The van der Waals surface area contributed by atoms with Crippen molar-refractivity contribution < 1.29 is 33.3 Å². The maximum atomic E-state index is 13.3. The molecule has 1 aromatic rings. The lowest BCUT2D eigenvalue weighted by Gasteiger charge is -2.36. The minimum absolute atomic E-state index is 0.107. The van der Waals surface area contributed by atoms with E-state index in [1.165, 1.54) is 18.9 Å². The number of benzene rings is 1. The third-order valence-electron chi connectivity index (χ3n) is 5.40. The number of amides is 1. The molecular weight excluding hydrogens is 474 g/mol. The first-order valence-corrected chi connectivity index (χ1v) is 11.9. The van der Waals surface area contributed by atoms with Gasteiger partial charge >= 0.3 is 5.97 Å². The maximum absolute atomic E-state index is 13.3. The molecule has 1 atom stereocenters. The number of ether oxygens (including phenoxy) is 5. The molecule has 10 nitrogen and oxygen atoms in total. The predicted octanol–water partition coefficient (Wildman–Crippen LogP) is 2.62. The SMILES string of the molecule is COCCNC(=O)CC1=CSC2=NC(C)=C(C(=O)OCCOC)C(c3cc(OC)cc(OC)c3)N12. The Hall–Kier alpha value is -3.02. The van der Waals surface area contributed by atoms with Crippen molar-refractivity contribution >= 4 is 28.8 Å². The van der Waals surface area contributed by atoms with E-state index in [1.807, 2.05) is 22.4 Å². The molecule has 0 saturated heterocycles. The highest BCUT2D eigenvalue weighted by Gasteiger charge is 2.41. The molecule has 0 aromatic heterocycles. The Bertz CT molecular complexity index is 1020. The molecule has 0 spiro atoms. The third kappa shape index (κ3) is 6.36. The molecule has 0 bridgehead atoms. The van der Waals surface area contributed by atoms with E-state index in [-0.39, 0.29) is 25.5 Å². The standard InChI is InChI=1S/C24H31N3O7S/c1-15-21(23(29)34-9-8-31-3)22(16-10-18(32-4)13-19(11-16)33-5)27-17(14-35-24(27)26-15)12-20(28)25-6-7-30-2/h10-11,13-14,22H,6-9,12H2,1-5H3,(H,25,28). The Labute approximate surface area is 209 Å². The fraction of sp³-hybridized carbons (Fsp3) is 0.458. The number of allylic oxidation sites excluding steroid dienone is 1. The van der Waals surface area contributed by atoms with Crippen LogP contribution in [0.3, 0.4) is 0 Å². The normalized spacial score (nSPS) is 16.9. The quantitative estimate of drug-likeness (QED) is 0.339. The van der Waals surface area contributed by atoms with Crippen molar-refractivity contribution in [2.45, 2.75) is 19.4 Å². The van der Waals surface area contributed by atoms with Crippen molar-refractivity contribution in [2.24, 2.45) is 4.99 Å². The summed E-state index contributed by atoms with van der Waals surface area (Å²) in [5.41, 5.74) is 2.36. The summed E-state index contributed by atoms with van der Waals surface area (Å²) in [4.78, 5) is 32.4. The Morgan fingerprint density at radius 1 is 1.03 bits per heavy atom. The van der Waals surface area contributed by atoms with Crippen LogP contribution in [-0.2, 0) is 23.8 Å². The number of carbonyl (C=O) groups excluding carboxylic acids is 2. The minimum atomic E-state index is -0.602. The van der Waals surface area contributed by atoms with Gasteiger partial charge in [0.1, 0.15) is 18.1 Å². The van der Waals surface area contributed by atoms with Crippen LogP contribution in [0.15, 0.2) is 45.6 Å². The number of amidine groups is 1. The number of esters is 1. The lowest BCUT2D eigenvalue weighted by Crippen LogP contribution is -2.38. The van der Waals surface area contributed by atoms with Gasteiger partial charge in [0, 0.05) is 32.5 Å². The monoisotopic (exact) mass is 505 g/mol. The van der Waals surface area contributed by atoms with Crippen molar-refractivity contribution in [1.29, 1.82) is 0 Å². The number of carbonyl (C=O) groups is 2. The first kappa shape index (κ1) is 26.6. The van der Waals surface area contributed by atoms with Gasteiger partial charge in [0.2, 0.25) is 5.91 Å². The molecule has 11 heteroatoms. The van der Waals surface area contributed by atoms with Crippen LogP contribution in [0.1, 0.15) is 24.9 Å². The van der Waals surface area contributed by atoms with E-state index >= 15 is 0 Å². The van der Waals surface area contributed by atoms with Gasteiger partial charge in [-0.25, -0.2) is 9.79 Å². The number of nitrogens with zero attached hydrogens (tertiary/aromatic N) is 2. The van der Waals surface area contributed by atoms with Gasteiger partial charge < -0.3 is 33.9 Å². The summed E-state index contributed by atoms with van der Waals surface area (Å²) in [6, 6.07) is 4.83. The van der Waals surface area contributed by atoms with E-state index in [0.717, 1.165) is 5.56 Å². The Morgan fingerprint density at radius 2 is 1.71 bits per heavy atom. The van der Waals surface area contributed by atoms with Gasteiger partial charge in [-0.1, -0.05) is 11.8 Å². The molecule has 0 radical (unpaired) electrons. The van der Waals surface area contributed by atoms with E-state index in [2.05, 4.69) is 10.3 Å². The van der Waals surface area contributed by atoms with Crippen molar-refractivity contribution in [1.82, 2.24) is 10.2 Å². The van der Waals surface area contributed by atoms with Crippen molar-refractivity contribution in [3.8, 4) is 11.5 Å². The summed E-state index contributed by atoms with van der Waals surface area (Å²) in [6.45, 7) is 2.98. The average Bonchev–Trinajstić information content (AvgIpc) is 3.24. The highest BCUT2D eigenvalue weighted by molar-refractivity contribution is 8.16. The summed E-state index contributed by atoms with van der Waals surface area (Å²) >= 11 is 1.40. The number of nitrogens with one attached hydrogen (secondary N) is 1. The van der Waals surface area contributed by atoms with Crippen LogP contribution < -0.4 is 14.8 Å². The van der Waals surface area contributed by atoms with Crippen LogP contribution in [0, 0.1) is 0 Å². The minimum Gasteiger partial charge on any atom is -0.497 e. The molecule has 1 aromatic carbocycles. The van der Waals surface area contributed by atoms with Crippen molar-refractivity contribution in [3.05, 3.63) is 46.1 Å². The predicted molar refractivity (Wildman–Crippen MR) is 132 cm³/mol. The lowest BCUT2D eigenvalue weighted by molar-refractivity contribution is -0.141. The molecule has 2 aliphatic rings. The summed E-state index contributed by atoms with van der Waals surface area (Å²) in [5.74, 6) is 0.480. The molecule has 2 heterocycles. The number of hydrogen-bond acceptors (Lipinski definition) is 10. The van der Waals surface area contributed by atoms with Crippen LogP contribution in [0.5, 0.6) is 11.5 Å². The van der Waals surface area contributed by atoms with E-state index in [9.17, 15) is 9.59 Å². The molecule has 2 aliphatic heterocycles. The lowest BCUT2D eigenvalue weighted by atomic mass is 9.93. The molecule has 3 rings (SSSR count). The van der Waals surface area contributed by atoms with E-state index in [1.54, 1.807) is 34.3 Å². The first-order valence-electron chi connectivity index (χ1n) is 11.0. The van der Waals surface area contributed by atoms with Gasteiger partial charge in [0.15, 0.2) is 5.17 Å². The second-order valence-electron chi connectivity index (χ2n) is 7.69. The van der Waals surface area contributed by atoms with Crippen molar-refractivity contribution in [3.63, 3.8) is 0 Å². The van der Waals surface area contributed by atoms with Gasteiger partial charge in [0.25, 0.3) is 0 Å². The molecular formula is C24H31N3O7S. The summed E-state index contributed by atoms with van der Waals surface area (Å²) in [6.07, 6.45) is 0.110. The average molecular weight is 506 g/mol. The van der Waals surface area contributed by atoms with Gasteiger partial charge in [-0.15, -0.1) is 0 Å². The Balaban J connectivity index is 2.02. The highest BCUT2D eigenvalue weighted by atomic mass is 32.2. The second kappa shape index (κ2) is 12.6. The molecule has 190 valence electrons. The third-order valence-corrected chi connectivity index (χ3v) is 6.29. The maximum Gasteiger partial charge on any atom is 0.338 e. The zero-order valence-electron chi connectivity index (χ0n) is 20.6. The van der Waals surface area contributed by atoms with Gasteiger partial charge in [0.05, 0.1) is 51.2 Å². The molecule has 0 fully saturated rings. The molecule has 0 saturated carbocycles. The number of aliphatic imine (C=N–C) groups is 1. The van der Waals surface area contributed by atoms with Crippen LogP contribution in [0.25, 0.3) is 0 Å². The van der Waals surface area contributed by atoms with E-state index in [4.69, 9.17) is 23.7 Å². The fourth-order valence-corrected chi connectivity index (χ4v) is 4.71. The molecule has 1 amide bonds. The Kier molecular flexibility index (Phi) is 9.58. The summed E-state index contributed by atoms with van der Waals surface area (Å²) in [7, 11) is 6.24. The van der Waals surface area contributed by atoms with Crippen LogP contribution in [0.2, 0.25) is 0 Å². The Morgan fingerprint density at radius 3 is 2.34 bits per heavy atom. The molecule has 0 aliphatic carbocycles. The molecule has 1 unspecified atom stereocenters. The first-order chi connectivity index (χ1) is 16.9. The largest absolute Gasteiger partial charge is 0.497 e.